The van der Waals surface area contributed by atoms with Crippen molar-refractivity contribution in [1.29, 1.82) is 0 Å². The van der Waals surface area contributed by atoms with Crippen LogP contribution in [0.4, 0.5) is 0 Å². The normalized spacial score (nSPS) is 13.6. The van der Waals surface area contributed by atoms with Gasteiger partial charge in [0.25, 0.3) is 5.91 Å². The molecule has 2 aromatic rings. The highest BCUT2D eigenvalue weighted by Crippen LogP contribution is 2.14. The number of amides is 2. The number of fused-ring (bicyclic) bond motifs is 1. The summed E-state index contributed by atoms with van der Waals surface area (Å²) in [6.07, 6.45) is 5.15. The predicted octanol–water partition coefficient (Wildman–Crippen LogP) is 1.40. The molecule has 26 heavy (non-hydrogen) atoms. The zero-order valence-corrected chi connectivity index (χ0v) is 15.1. The molecule has 3 rings (SSSR count). The minimum Gasteiger partial charge on any atom is -0.354 e. The Kier molecular flexibility index (Phi) is 5.99. The second-order valence-corrected chi connectivity index (χ2v) is 6.65. The van der Waals surface area contributed by atoms with Gasteiger partial charge >= 0.3 is 0 Å². The average molecular weight is 355 g/mol. The maximum atomic E-state index is 12.0. The van der Waals surface area contributed by atoms with Crippen LogP contribution in [0.3, 0.4) is 0 Å². The lowest BCUT2D eigenvalue weighted by Gasteiger charge is -2.09. The number of aromatic nitrogens is 3. The van der Waals surface area contributed by atoms with Gasteiger partial charge in [0.05, 0.1) is 6.54 Å². The van der Waals surface area contributed by atoms with Crippen molar-refractivity contribution >= 4 is 11.8 Å². The summed E-state index contributed by atoms with van der Waals surface area (Å²) in [5.74, 6) is 1.52. The number of carbonyl (C=O) groups excluding carboxylic acids is 2. The number of benzene rings is 1. The molecule has 7 nitrogen and oxygen atoms in total. The topological polar surface area (TPSA) is 88.9 Å². The number of carbonyl (C=O) groups is 2. The molecular formula is C19H25N5O2. The Morgan fingerprint density at radius 1 is 1.15 bits per heavy atom. The maximum Gasteiger partial charge on any atom is 0.251 e. The van der Waals surface area contributed by atoms with Crippen LogP contribution < -0.4 is 10.6 Å². The van der Waals surface area contributed by atoms with Gasteiger partial charge in [-0.25, -0.2) is 0 Å². The second-order valence-electron chi connectivity index (χ2n) is 6.65. The molecule has 7 heteroatoms. The van der Waals surface area contributed by atoms with E-state index in [1.807, 2.05) is 19.1 Å². The number of nitrogens with one attached hydrogen (secondary N) is 2. The third kappa shape index (κ3) is 4.68. The van der Waals surface area contributed by atoms with Gasteiger partial charge < -0.3 is 15.2 Å². The van der Waals surface area contributed by atoms with Gasteiger partial charge in [-0.3, -0.25) is 9.59 Å². The van der Waals surface area contributed by atoms with Crippen LogP contribution in [-0.4, -0.2) is 39.7 Å². The Morgan fingerprint density at radius 3 is 2.88 bits per heavy atom. The van der Waals surface area contributed by atoms with E-state index in [4.69, 9.17) is 0 Å². The summed E-state index contributed by atoms with van der Waals surface area (Å²) in [7, 11) is 0. The van der Waals surface area contributed by atoms with Crippen molar-refractivity contribution < 1.29 is 9.59 Å². The van der Waals surface area contributed by atoms with Crippen LogP contribution in [0, 0.1) is 6.92 Å². The first-order valence-electron chi connectivity index (χ1n) is 9.16. The van der Waals surface area contributed by atoms with Crippen molar-refractivity contribution in [2.24, 2.45) is 0 Å². The highest BCUT2D eigenvalue weighted by Gasteiger charge is 2.14. The first-order chi connectivity index (χ1) is 12.6. The fourth-order valence-electron chi connectivity index (χ4n) is 3.16. The number of hydrogen-bond acceptors (Lipinski definition) is 4. The number of hydrogen-bond donors (Lipinski definition) is 2. The van der Waals surface area contributed by atoms with Gasteiger partial charge in [-0.2, -0.15) is 0 Å². The lowest BCUT2D eigenvalue weighted by atomic mass is 10.1. The Balaban J connectivity index is 1.42. The molecule has 1 aromatic heterocycles. The number of nitrogens with zero attached hydrogens (tertiary/aromatic N) is 3. The van der Waals surface area contributed by atoms with Crippen LogP contribution >= 0.6 is 0 Å². The molecule has 0 fully saturated rings. The standard InChI is InChI=1S/C19H25N5O2/c1-14-6-5-7-15(12-14)19(26)21-13-18(25)20-10-9-17-23-22-16-8-3-2-4-11-24(16)17/h5-7,12H,2-4,8-11,13H2,1H3,(H,20,25)(H,21,26). The van der Waals surface area contributed by atoms with E-state index < -0.39 is 0 Å². The highest BCUT2D eigenvalue weighted by atomic mass is 16.2. The molecule has 1 aromatic carbocycles. The SMILES string of the molecule is Cc1cccc(C(=O)NCC(=O)NCCc2nnc3n2CCCCC3)c1. The molecule has 0 saturated heterocycles. The lowest BCUT2D eigenvalue weighted by molar-refractivity contribution is -0.120. The maximum absolute atomic E-state index is 12.0. The van der Waals surface area contributed by atoms with Crippen molar-refractivity contribution in [3.63, 3.8) is 0 Å². The summed E-state index contributed by atoms with van der Waals surface area (Å²) < 4.78 is 2.18. The summed E-state index contributed by atoms with van der Waals surface area (Å²) >= 11 is 0. The first-order valence-corrected chi connectivity index (χ1v) is 9.16. The molecule has 0 aliphatic carbocycles. The molecule has 138 valence electrons. The van der Waals surface area contributed by atoms with Crippen LogP contribution in [0.2, 0.25) is 0 Å². The Labute approximate surface area is 153 Å². The molecule has 2 amide bonds. The Morgan fingerprint density at radius 2 is 2.04 bits per heavy atom. The van der Waals surface area contributed by atoms with Gasteiger partial charge in [-0.15, -0.1) is 10.2 Å². The predicted molar refractivity (Wildman–Crippen MR) is 97.8 cm³/mol. The van der Waals surface area contributed by atoms with Crippen LogP contribution in [0.25, 0.3) is 0 Å². The highest BCUT2D eigenvalue weighted by molar-refractivity contribution is 5.96. The molecule has 1 aliphatic rings. The van der Waals surface area contributed by atoms with E-state index in [1.165, 1.54) is 6.42 Å². The molecule has 2 N–H and O–H groups in total. The fourth-order valence-corrected chi connectivity index (χ4v) is 3.16. The van der Waals surface area contributed by atoms with Crippen molar-refractivity contribution in [1.82, 2.24) is 25.4 Å². The van der Waals surface area contributed by atoms with Crippen molar-refractivity contribution in [2.75, 3.05) is 13.1 Å². The molecule has 1 aliphatic heterocycles. The van der Waals surface area contributed by atoms with Crippen molar-refractivity contribution in [3.05, 3.63) is 47.0 Å². The zero-order chi connectivity index (χ0) is 18.4. The second kappa shape index (κ2) is 8.60. The van der Waals surface area contributed by atoms with Gasteiger partial charge in [-0.1, -0.05) is 24.1 Å². The van der Waals surface area contributed by atoms with E-state index in [1.54, 1.807) is 12.1 Å². The van der Waals surface area contributed by atoms with Crippen LogP contribution in [0.1, 0.15) is 46.8 Å². The van der Waals surface area contributed by atoms with Gasteiger partial charge in [0.2, 0.25) is 5.91 Å². The van der Waals surface area contributed by atoms with Gasteiger partial charge in [0.1, 0.15) is 11.6 Å². The molecule has 0 saturated carbocycles. The van der Waals surface area contributed by atoms with Crippen LogP contribution in [0.5, 0.6) is 0 Å². The third-order valence-corrected chi connectivity index (χ3v) is 4.55. The van der Waals surface area contributed by atoms with Gasteiger partial charge in [0.15, 0.2) is 0 Å². The lowest BCUT2D eigenvalue weighted by Crippen LogP contribution is -2.37. The molecular weight excluding hydrogens is 330 g/mol. The molecule has 0 atom stereocenters. The molecule has 0 spiro atoms. The first kappa shape index (κ1) is 18.1. The zero-order valence-electron chi connectivity index (χ0n) is 15.1. The Hall–Kier alpha value is -2.70. The molecule has 0 unspecified atom stereocenters. The molecule has 2 heterocycles. The quantitative estimate of drug-likeness (QED) is 0.820. The van der Waals surface area contributed by atoms with Crippen LogP contribution in [-0.2, 0) is 24.2 Å². The summed E-state index contributed by atoms with van der Waals surface area (Å²) in [6.45, 7) is 3.33. The summed E-state index contributed by atoms with van der Waals surface area (Å²) in [5, 5.41) is 14.0. The van der Waals surface area contributed by atoms with E-state index >= 15 is 0 Å². The van der Waals surface area contributed by atoms with E-state index in [2.05, 4.69) is 25.4 Å². The summed E-state index contributed by atoms with van der Waals surface area (Å²) in [5.41, 5.74) is 1.57. The van der Waals surface area contributed by atoms with E-state index in [0.29, 0.717) is 18.5 Å². The van der Waals surface area contributed by atoms with Gasteiger partial charge in [0, 0.05) is 31.5 Å². The smallest absolute Gasteiger partial charge is 0.251 e. The monoisotopic (exact) mass is 355 g/mol. The summed E-state index contributed by atoms with van der Waals surface area (Å²) in [4.78, 5) is 24.0. The summed E-state index contributed by atoms with van der Waals surface area (Å²) in [6, 6.07) is 7.28. The fraction of sp³-hybridized carbons (Fsp3) is 0.474. The largest absolute Gasteiger partial charge is 0.354 e. The number of aryl methyl sites for hydroxylation is 2. The van der Waals surface area contributed by atoms with E-state index in [0.717, 1.165) is 43.0 Å². The molecule has 0 radical (unpaired) electrons. The minimum absolute atomic E-state index is 0.0370. The average Bonchev–Trinajstić information content (AvgIpc) is 2.86. The number of rotatable bonds is 6. The molecule has 0 bridgehead atoms. The van der Waals surface area contributed by atoms with E-state index in [9.17, 15) is 9.59 Å². The van der Waals surface area contributed by atoms with Crippen molar-refractivity contribution in [3.8, 4) is 0 Å². The van der Waals surface area contributed by atoms with Crippen LogP contribution in [0.15, 0.2) is 24.3 Å². The third-order valence-electron chi connectivity index (χ3n) is 4.55. The van der Waals surface area contributed by atoms with Gasteiger partial charge in [-0.05, 0) is 31.9 Å². The van der Waals surface area contributed by atoms with E-state index in [-0.39, 0.29) is 18.4 Å². The Bertz CT molecular complexity index is 784. The van der Waals surface area contributed by atoms with Crippen molar-refractivity contribution in [2.45, 2.75) is 45.6 Å². The minimum atomic E-state index is -0.244.